The summed E-state index contributed by atoms with van der Waals surface area (Å²) in [6, 6.07) is 12.3. The van der Waals surface area contributed by atoms with Crippen LogP contribution in [0, 0.1) is 5.82 Å². The number of aromatic nitrogens is 1. The predicted molar refractivity (Wildman–Crippen MR) is 124 cm³/mol. The van der Waals surface area contributed by atoms with E-state index in [0.29, 0.717) is 17.5 Å². The van der Waals surface area contributed by atoms with Crippen LogP contribution in [0.5, 0.6) is 0 Å². The molecule has 0 N–H and O–H groups in total. The number of para-hydroxylation sites is 1. The standard InChI is InChI=1S/C25H28FN3OS/c26-17-7-8-20-21(27-30-23(20)16-17)5-2-11-28-13-9-18-19-4-1-6-24-25(19)29(12-3-15-31-24)22(18)10-14-28/h1,4,6-8,16,18,22H,2-3,5,9-15H2. The molecule has 0 radical (unpaired) electrons. The van der Waals surface area contributed by atoms with E-state index in [1.54, 1.807) is 17.3 Å². The molecule has 0 aliphatic carbocycles. The lowest BCUT2D eigenvalue weighted by Gasteiger charge is -2.29. The van der Waals surface area contributed by atoms with Crippen LogP contribution in [0.15, 0.2) is 45.8 Å². The molecule has 162 valence electrons. The third-order valence-electron chi connectivity index (χ3n) is 7.28. The highest BCUT2D eigenvalue weighted by Gasteiger charge is 2.41. The van der Waals surface area contributed by atoms with Crippen molar-refractivity contribution >= 4 is 28.4 Å². The van der Waals surface area contributed by atoms with E-state index >= 15 is 0 Å². The van der Waals surface area contributed by atoms with E-state index in [1.807, 2.05) is 11.8 Å². The number of likely N-dealkylation sites (tertiary alicyclic amines) is 1. The quantitative estimate of drug-likeness (QED) is 0.541. The van der Waals surface area contributed by atoms with Crippen molar-refractivity contribution < 1.29 is 8.91 Å². The first kappa shape index (κ1) is 19.6. The zero-order chi connectivity index (χ0) is 20.8. The first-order chi connectivity index (χ1) is 15.3. The summed E-state index contributed by atoms with van der Waals surface area (Å²) >= 11 is 2.04. The molecule has 1 aromatic heterocycles. The number of benzene rings is 2. The summed E-state index contributed by atoms with van der Waals surface area (Å²) in [5.41, 5.74) is 4.65. The molecule has 1 fully saturated rings. The van der Waals surface area contributed by atoms with Crippen LogP contribution in [-0.4, -0.2) is 48.0 Å². The van der Waals surface area contributed by atoms with Gasteiger partial charge in [-0.3, -0.25) is 0 Å². The Labute approximate surface area is 186 Å². The SMILES string of the molecule is Fc1ccc2c(CCCN3CCC4c5cccc6c5N(CCCS6)C4CC3)noc2c1. The number of rotatable bonds is 4. The lowest BCUT2D eigenvalue weighted by molar-refractivity contribution is 0.278. The molecular formula is C25H28FN3OS. The van der Waals surface area contributed by atoms with Gasteiger partial charge in [-0.1, -0.05) is 17.3 Å². The van der Waals surface area contributed by atoms with Crippen LogP contribution in [0.4, 0.5) is 10.1 Å². The molecule has 3 aliphatic rings. The normalized spacial score (nSPS) is 23.5. The average molecular weight is 438 g/mol. The zero-order valence-corrected chi connectivity index (χ0v) is 18.5. The summed E-state index contributed by atoms with van der Waals surface area (Å²) in [6.45, 7) is 4.62. The molecule has 3 aromatic rings. The Morgan fingerprint density at radius 2 is 2.06 bits per heavy atom. The summed E-state index contributed by atoms with van der Waals surface area (Å²) in [5.74, 6) is 1.63. The molecule has 2 unspecified atom stereocenters. The van der Waals surface area contributed by atoms with Gasteiger partial charge in [0.2, 0.25) is 0 Å². The molecule has 1 saturated heterocycles. The van der Waals surface area contributed by atoms with Crippen LogP contribution < -0.4 is 4.90 Å². The molecule has 31 heavy (non-hydrogen) atoms. The van der Waals surface area contributed by atoms with Gasteiger partial charge in [0.15, 0.2) is 5.58 Å². The van der Waals surface area contributed by atoms with Gasteiger partial charge in [-0.15, -0.1) is 11.8 Å². The van der Waals surface area contributed by atoms with Crippen LogP contribution in [0.3, 0.4) is 0 Å². The van der Waals surface area contributed by atoms with Gasteiger partial charge in [-0.05, 0) is 74.7 Å². The number of aryl methyl sites for hydroxylation is 1. The van der Waals surface area contributed by atoms with Crippen molar-refractivity contribution in [1.29, 1.82) is 0 Å². The molecule has 0 spiro atoms. The van der Waals surface area contributed by atoms with Gasteiger partial charge in [0.05, 0.1) is 11.4 Å². The van der Waals surface area contributed by atoms with Crippen molar-refractivity contribution in [2.45, 2.75) is 49.0 Å². The Morgan fingerprint density at radius 1 is 1.13 bits per heavy atom. The Hall–Kier alpha value is -2.05. The fourth-order valence-electron chi connectivity index (χ4n) is 5.84. The summed E-state index contributed by atoms with van der Waals surface area (Å²) in [5, 5.41) is 5.13. The lowest BCUT2D eigenvalue weighted by atomic mass is 9.91. The van der Waals surface area contributed by atoms with Gasteiger partial charge in [-0.2, -0.15) is 0 Å². The number of hydrogen-bond donors (Lipinski definition) is 0. The van der Waals surface area contributed by atoms with E-state index in [2.05, 4.69) is 33.2 Å². The molecule has 6 heteroatoms. The van der Waals surface area contributed by atoms with Crippen LogP contribution >= 0.6 is 11.8 Å². The molecule has 0 saturated carbocycles. The summed E-state index contributed by atoms with van der Waals surface area (Å²) in [4.78, 5) is 6.88. The van der Waals surface area contributed by atoms with Crippen molar-refractivity contribution in [2.75, 3.05) is 36.8 Å². The number of thioether (sulfide) groups is 1. The van der Waals surface area contributed by atoms with Gasteiger partial charge < -0.3 is 14.3 Å². The fourth-order valence-corrected chi connectivity index (χ4v) is 6.88. The second-order valence-electron chi connectivity index (χ2n) is 9.06. The highest BCUT2D eigenvalue weighted by molar-refractivity contribution is 7.99. The maximum Gasteiger partial charge on any atom is 0.170 e. The highest BCUT2D eigenvalue weighted by atomic mass is 32.2. The molecule has 3 aliphatic heterocycles. The van der Waals surface area contributed by atoms with Crippen molar-refractivity contribution in [3.63, 3.8) is 0 Å². The van der Waals surface area contributed by atoms with E-state index in [-0.39, 0.29) is 5.82 Å². The molecule has 6 rings (SSSR count). The van der Waals surface area contributed by atoms with Crippen molar-refractivity contribution in [3.05, 3.63) is 53.5 Å². The molecule has 2 aromatic carbocycles. The molecule has 4 heterocycles. The lowest BCUT2D eigenvalue weighted by Crippen LogP contribution is -2.35. The molecule has 0 bridgehead atoms. The van der Waals surface area contributed by atoms with Crippen LogP contribution in [0.1, 0.15) is 42.9 Å². The fraction of sp³-hybridized carbons (Fsp3) is 0.480. The summed E-state index contributed by atoms with van der Waals surface area (Å²) < 4.78 is 18.7. The Balaban J connectivity index is 1.12. The van der Waals surface area contributed by atoms with Gasteiger partial charge >= 0.3 is 0 Å². The smallest absolute Gasteiger partial charge is 0.170 e. The maximum absolute atomic E-state index is 13.4. The molecule has 4 nitrogen and oxygen atoms in total. The average Bonchev–Trinajstić information content (AvgIpc) is 3.11. The number of hydrogen-bond acceptors (Lipinski definition) is 5. The van der Waals surface area contributed by atoms with Gasteiger partial charge in [0, 0.05) is 41.4 Å². The zero-order valence-electron chi connectivity index (χ0n) is 17.7. The summed E-state index contributed by atoms with van der Waals surface area (Å²) in [6.07, 6.45) is 5.69. The third kappa shape index (κ3) is 3.54. The van der Waals surface area contributed by atoms with E-state index in [0.717, 1.165) is 37.0 Å². The van der Waals surface area contributed by atoms with Crippen LogP contribution in [-0.2, 0) is 6.42 Å². The largest absolute Gasteiger partial charge is 0.367 e. The van der Waals surface area contributed by atoms with Crippen molar-refractivity contribution in [1.82, 2.24) is 10.1 Å². The minimum Gasteiger partial charge on any atom is -0.367 e. The topological polar surface area (TPSA) is 32.5 Å². The number of fused-ring (bicyclic) bond motifs is 4. The van der Waals surface area contributed by atoms with Crippen LogP contribution in [0.2, 0.25) is 0 Å². The van der Waals surface area contributed by atoms with E-state index in [1.165, 1.54) is 55.1 Å². The Bertz CT molecular complexity index is 1100. The second-order valence-corrected chi connectivity index (χ2v) is 10.2. The second kappa shape index (κ2) is 8.14. The van der Waals surface area contributed by atoms with Gasteiger partial charge in [0.25, 0.3) is 0 Å². The van der Waals surface area contributed by atoms with E-state index in [4.69, 9.17) is 4.52 Å². The first-order valence-corrected chi connectivity index (χ1v) is 12.5. The molecule has 0 amide bonds. The van der Waals surface area contributed by atoms with Crippen molar-refractivity contribution in [3.8, 4) is 0 Å². The van der Waals surface area contributed by atoms with Crippen molar-refractivity contribution in [2.24, 2.45) is 0 Å². The number of nitrogens with zero attached hydrogens (tertiary/aromatic N) is 3. The minimum absolute atomic E-state index is 0.276. The summed E-state index contributed by atoms with van der Waals surface area (Å²) in [7, 11) is 0. The van der Waals surface area contributed by atoms with Gasteiger partial charge in [-0.25, -0.2) is 4.39 Å². The van der Waals surface area contributed by atoms with E-state index in [9.17, 15) is 4.39 Å². The maximum atomic E-state index is 13.4. The third-order valence-corrected chi connectivity index (χ3v) is 8.41. The minimum atomic E-state index is -0.276. The highest BCUT2D eigenvalue weighted by Crippen LogP contribution is 2.50. The first-order valence-electron chi connectivity index (χ1n) is 11.6. The van der Waals surface area contributed by atoms with E-state index < -0.39 is 0 Å². The monoisotopic (exact) mass is 437 g/mol. The number of halogens is 1. The van der Waals surface area contributed by atoms with Crippen LogP contribution in [0.25, 0.3) is 11.0 Å². The molecular weight excluding hydrogens is 409 g/mol. The predicted octanol–water partition coefficient (Wildman–Crippen LogP) is 5.46. The Kier molecular flexibility index (Phi) is 5.15. The molecule has 2 atom stereocenters. The van der Waals surface area contributed by atoms with Gasteiger partial charge in [0.1, 0.15) is 5.82 Å². The Morgan fingerprint density at radius 3 is 3.03 bits per heavy atom. The number of anilines is 1.